The zero-order chi connectivity index (χ0) is 17.0. The maximum atomic E-state index is 12.2. The van der Waals surface area contributed by atoms with Gasteiger partial charge in [0.05, 0.1) is 0 Å². The third kappa shape index (κ3) is 4.45. The summed E-state index contributed by atoms with van der Waals surface area (Å²) in [6.07, 6.45) is 0. The molecule has 2 aromatic rings. The lowest BCUT2D eigenvalue weighted by atomic mass is 10.1. The van der Waals surface area contributed by atoms with Gasteiger partial charge in [0, 0.05) is 22.7 Å². The highest BCUT2D eigenvalue weighted by Crippen LogP contribution is 2.21. The van der Waals surface area contributed by atoms with Crippen molar-refractivity contribution in [2.45, 2.75) is 39.8 Å². The van der Waals surface area contributed by atoms with E-state index in [0.29, 0.717) is 23.3 Å². The Morgan fingerprint density at radius 1 is 1.30 bits per heavy atom. The quantitative estimate of drug-likeness (QED) is 0.923. The van der Waals surface area contributed by atoms with E-state index in [9.17, 15) is 4.79 Å². The van der Waals surface area contributed by atoms with Crippen molar-refractivity contribution >= 4 is 17.6 Å². The first kappa shape index (κ1) is 17.3. The Morgan fingerprint density at radius 2 is 1.96 bits per heavy atom. The zero-order valence-electron chi connectivity index (χ0n) is 13.8. The van der Waals surface area contributed by atoms with Crippen molar-refractivity contribution in [1.29, 1.82) is 0 Å². The minimum atomic E-state index is -0.367. The SMILES string of the molecule is CCNC(=O)N(Cc1nc(-c2ccc(Cl)cc2)no1)C(C)(C)C. The van der Waals surface area contributed by atoms with E-state index in [1.807, 2.05) is 39.8 Å². The lowest BCUT2D eigenvalue weighted by Crippen LogP contribution is -2.49. The molecular formula is C16H21ClN4O2. The molecule has 6 nitrogen and oxygen atoms in total. The fourth-order valence-corrected chi connectivity index (χ4v) is 2.16. The maximum absolute atomic E-state index is 12.2. The highest BCUT2D eigenvalue weighted by atomic mass is 35.5. The Hall–Kier alpha value is -2.08. The van der Waals surface area contributed by atoms with Crippen LogP contribution in [0.3, 0.4) is 0 Å². The Labute approximate surface area is 140 Å². The van der Waals surface area contributed by atoms with Gasteiger partial charge in [0.25, 0.3) is 0 Å². The molecule has 0 spiro atoms. The molecule has 1 aromatic heterocycles. The molecule has 0 saturated heterocycles. The summed E-state index contributed by atoms with van der Waals surface area (Å²) in [5.74, 6) is 0.859. The minimum Gasteiger partial charge on any atom is -0.338 e. The Morgan fingerprint density at radius 3 is 2.52 bits per heavy atom. The van der Waals surface area contributed by atoms with Gasteiger partial charge in [0.15, 0.2) is 0 Å². The van der Waals surface area contributed by atoms with E-state index < -0.39 is 0 Å². The number of halogens is 1. The molecule has 124 valence electrons. The van der Waals surface area contributed by atoms with E-state index in [1.54, 1.807) is 17.0 Å². The number of hydrogen-bond acceptors (Lipinski definition) is 4. The number of amides is 2. The van der Waals surface area contributed by atoms with E-state index in [4.69, 9.17) is 16.1 Å². The van der Waals surface area contributed by atoms with Gasteiger partial charge in [0.1, 0.15) is 6.54 Å². The van der Waals surface area contributed by atoms with Crippen molar-refractivity contribution in [3.05, 3.63) is 35.2 Å². The van der Waals surface area contributed by atoms with Gasteiger partial charge in [-0.25, -0.2) is 4.79 Å². The molecule has 1 heterocycles. The Balaban J connectivity index is 2.18. The predicted octanol–water partition coefficient (Wildman–Crippen LogP) is 3.72. The number of rotatable bonds is 4. The summed E-state index contributed by atoms with van der Waals surface area (Å²) in [6, 6.07) is 7.02. The molecular weight excluding hydrogens is 316 g/mol. The van der Waals surface area contributed by atoms with Crippen molar-refractivity contribution in [3.8, 4) is 11.4 Å². The van der Waals surface area contributed by atoms with Gasteiger partial charge in [-0.3, -0.25) is 0 Å². The standard InChI is InChI=1S/C16H21ClN4O2/c1-5-18-15(22)21(16(2,3)4)10-13-19-14(20-23-13)11-6-8-12(17)9-7-11/h6-9H,5,10H2,1-4H3,(H,18,22). The van der Waals surface area contributed by atoms with Crippen LogP contribution in [0.2, 0.25) is 5.02 Å². The summed E-state index contributed by atoms with van der Waals surface area (Å²) in [5.41, 5.74) is 0.443. The molecule has 0 bridgehead atoms. The van der Waals surface area contributed by atoms with Crippen molar-refractivity contribution in [2.75, 3.05) is 6.54 Å². The summed E-state index contributed by atoms with van der Waals surface area (Å²) in [5, 5.41) is 7.41. The molecule has 2 rings (SSSR count). The van der Waals surface area contributed by atoms with E-state index in [2.05, 4.69) is 15.5 Å². The molecule has 1 aromatic carbocycles. The second-order valence-corrected chi connectivity index (χ2v) is 6.55. The second-order valence-electron chi connectivity index (χ2n) is 6.11. The predicted molar refractivity (Wildman–Crippen MR) is 89.1 cm³/mol. The fraction of sp³-hybridized carbons (Fsp3) is 0.438. The highest BCUT2D eigenvalue weighted by molar-refractivity contribution is 6.30. The molecule has 0 fully saturated rings. The number of carbonyl (C=O) groups is 1. The number of nitrogens with one attached hydrogen (secondary N) is 1. The molecule has 1 N–H and O–H groups in total. The number of nitrogens with zero attached hydrogens (tertiary/aromatic N) is 3. The van der Waals surface area contributed by atoms with Gasteiger partial charge in [0.2, 0.25) is 11.7 Å². The van der Waals surface area contributed by atoms with E-state index in [-0.39, 0.29) is 18.1 Å². The van der Waals surface area contributed by atoms with Crippen LogP contribution < -0.4 is 5.32 Å². The number of aromatic nitrogens is 2. The van der Waals surface area contributed by atoms with Gasteiger partial charge in [-0.1, -0.05) is 16.8 Å². The first-order valence-corrected chi connectivity index (χ1v) is 7.83. The minimum absolute atomic E-state index is 0.161. The average Bonchev–Trinajstić information content (AvgIpc) is 2.93. The molecule has 0 aliphatic rings. The summed E-state index contributed by atoms with van der Waals surface area (Å²) in [7, 11) is 0. The van der Waals surface area contributed by atoms with Crippen LogP contribution in [0.5, 0.6) is 0 Å². The van der Waals surface area contributed by atoms with Crippen LogP contribution in [0.25, 0.3) is 11.4 Å². The third-order valence-corrected chi connectivity index (χ3v) is 3.50. The number of urea groups is 1. The molecule has 0 atom stereocenters. The van der Waals surface area contributed by atoms with Crippen molar-refractivity contribution < 1.29 is 9.32 Å². The van der Waals surface area contributed by atoms with Crippen LogP contribution in [0.15, 0.2) is 28.8 Å². The number of carbonyl (C=O) groups excluding carboxylic acids is 1. The molecule has 2 amide bonds. The van der Waals surface area contributed by atoms with E-state index >= 15 is 0 Å². The first-order valence-electron chi connectivity index (χ1n) is 7.45. The smallest absolute Gasteiger partial charge is 0.318 e. The van der Waals surface area contributed by atoms with Crippen LogP contribution in [0.4, 0.5) is 4.79 Å². The summed E-state index contributed by atoms with van der Waals surface area (Å²) >= 11 is 5.87. The van der Waals surface area contributed by atoms with Gasteiger partial charge < -0.3 is 14.7 Å². The van der Waals surface area contributed by atoms with Crippen LogP contribution in [0.1, 0.15) is 33.6 Å². The summed E-state index contributed by atoms with van der Waals surface area (Å²) < 4.78 is 5.29. The first-order chi connectivity index (χ1) is 10.8. The van der Waals surface area contributed by atoms with Gasteiger partial charge in [-0.05, 0) is 52.0 Å². The van der Waals surface area contributed by atoms with Crippen LogP contribution in [-0.2, 0) is 6.54 Å². The van der Waals surface area contributed by atoms with Gasteiger partial charge in [-0.15, -0.1) is 0 Å². The van der Waals surface area contributed by atoms with Crippen molar-refractivity contribution in [1.82, 2.24) is 20.4 Å². The highest BCUT2D eigenvalue weighted by Gasteiger charge is 2.28. The fourth-order valence-electron chi connectivity index (χ4n) is 2.03. The average molecular weight is 337 g/mol. The lowest BCUT2D eigenvalue weighted by Gasteiger charge is -2.34. The Bertz CT molecular complexity index is 661. The van der Waals surface area contributed by atoms with Crippen LogP contribution >= 0.6 is 11.6 Å². The molecule has 23 heavy (non-hydrogen) atoms. The molecule has 0 aliphatic heterocycles. The summed E-state index contributed by atoms with van der Waals surface area (Å²) in [4.78, 5) is 18.2. The summed E-state index contributed by atoms with van der Waals surface area (Å²) in [6.45, 7) is 8.56. The molecule has 0 saturated carbocycles. The van der Waals surface area contributed by atoms with E-state index in [1.165, 1.54) is 0 Å². The number of hydrogen-bond donors (Lipinski definition) is 1. The maximum Gasteiger partial charge on any atom is 0.318 e. The number of benzene rings is 1. The topological polar surface area (TPSA) is 71.3 Å². The zero-order valence-corrected chi connectivity index (χ0v) is 14.5. The molecule has 0 unspecified atom stereocenters. The van der Waals surface area contributed by atoms with Gasteiger partial charge >= 0.3 is 6.03 Å². The molecule has 7 heteroatoms. The van der Waals surface area contributed by atoms with Crippen LogP contribution in [0, 0.1) is 0 Å². The third-order valence-electron chi connectivity index (χ3n) is 3.25. The molecule has 0 aliphatic carbocycles. The van der Waals surface area contributed by atoms with E-state index in [0.717, 1.165) is 5.56 Å². The monoisotopic (exact) mass is 336 g/mol. The Kier molecular flexibility index (Phi) is 5.26. The normalized spacial score (nSPS) is 11.3. The second kappa shape index (κ2) is 7.00. The van der Waals surface area contributed by atoms with Crippen molar-refractivity contribution in [3.63, 3.8) is 0 Å². The van der Waals surface area contributed by atoms with Gasteiger partial charge in [-0.2, -0.15) is 4.98 Å². The van der Waals surface area contributed by atoms with Crippen LogP contribution in [-0.4, -0.2) is 33.2 Å². The lowest BCUT2D eigenvalue weighted by molar-refractivity contribution is 0.129. The largest absolute Gasteiger partial charge is 0.338 e. The van der Waals surface area contributed by atoms with Crippen molar-refractivity contribution in [2.24, 2.45) is 0 Å². The molecule has 0 radical (unpaired) electrons.